The van der Waals surface area contributed by atoms with Crippen molar-refractivity contribution in [3.8, 4) is 17.3 Å². The Morgan fingerprint density at radius 3 is 2.42 bits per heavy atom. The van der Waals surface area contributed by atoms with Gasteiger partial charge in [-0.05, 0) is 53.9 Å². The van der Waals surface area contributed by atoms with Crippen LogP contribution in [0.2, 0.25) is 0 Å². The highest BCUT2D eigenvalue weighted by Gasteiger charge is 2.17. The van der Waals surface area contributed by atoms with Crippen molar-refractivity contribution in [3.63, 3.8) is 0 Å². The van der Waals surface area contributed by atoms with E-state index in [2.05, 4.69) is 37.3 Å². The predicted molar refractivity (Wildman–Crippen MR) is 130 cm³/mol. The highest BCUT2D eigenvalue weighted by Crippen LogP contribution is 2.31. The molecule has 0 fully saturated rings. The number of aryl methyl sites for hydroxylation is 1. The van der Waals surface area contributed by atoms with E-state index in [0.717, 1.165) is 33.4 Å². The van der Waals surface area contributed by atoms with Gasteiger partial charge in [0.25, 0.3) is 0 Å². The second-order valence-electron chi connectivity index (χ2n) is 7.86. The molecule has 0 amide bonds. The topological polar surface area (TPSA) is 78.4 Å². The average Bonchev–Trinajstić information content (AvgIpc) is 3.22. The van der Waals surface area contributed by atoms with Crippen molar-refractivity contribution in [2.75, 3.05) is 0 Å². The summed E-state index contributed by atoms with van der Waals surface area (Å²) in [6.45, 7) is 2.05. The predicted octanol–water partition coefficient (Wildman–Crippen LogP) is 6.20. The fourth-order valence-electron chi connectivity index (χ4n) is 3.96. The Morgan fingerprint density at radius 2 is 1.73 bits per heavy atom. The van der Waals surface area contributed by atoms with E-state index < -0.39 is 5.97 Å². The van der Waals surface area contributed by atoms with E-state index in [0.29, 0.717) is 11.2 Å². The SMILES string of the molecule is Cc1ccc(-c2cc(C=Cc3ccc(C(=O)O)cc3)c(C#N)c3nc4ccccc4n23)cc1. The van der Waals surface area contributed by atoms with Crippen LogP contribution in [0, 0.1) is 18.3 Å². The molecule has 0 saturated carbocycles. The Balaban J connectivity index is 1.73. The first-order valence-electron chi connectivity index (χ1n) is 10.5. The Morgan fingerprint density at radius 1 is 1.00 bits per heavy atom. The first-order valence-corrected chi connectivity index (χ1v) is 10.5. The number of aromatic nitrogens is 2. The number of rotatable bonds is 4. The molecule has 0 aliphatic heterocycles. The van der Waals surface area contributed by atoms with Gasteiger partial charge in [0.15, 0.2) is 5.65 Å². The van der Waals surface area contributed by atoms with E-state index in [-0.39, 0.29) is 5.56 Å². The molecule has 0 atom stereocenters. The lowest BCUT2D eigenvalue weighted by Crippen LogP contribution is -1.98. The number of carboxylic acid groups (broad SMARTS) is 1. The molecule has 3 aromatic carbocycles. The maximum absolute atomic E-state index is 11.1. The number of carbonyl (C=O) groups is 1. The fraction of sp³-hybridized carbons (Fsp3) is 0.0357. The summed E-state index contributed by atoms with van der Waals surface area (Å²) >= 11 is 0. The monoisotopic (exact) mass is 429 g/mol. The van der Waals surface area contributed by atoms with Gasteiger partial charge in [0.05, 0.1) is 22.3 Å². The zero-order valence-electron chi connectivity index (χ0n) is 17.9. The van der Waals surface area contributed by atoms with Crippen molar-refractivity contribution in [2.45, 2.75) is 6.92 Å². The average molecular weight is 429 g/mol. The lowest BCUT2D eigenvalue weighted by Gasteiger charge is -2.11. The Hall–Kier alpha value is -4.69. The van der Waals surface area contributed by atoms with Gasteiger partial charge in [-0.15, -0.1) is 0 Å². The molecule has 5 heteroatoms. The number of hydrogen-bond acceptors (Lipinski definition) is 3. The van der Waals surface area contributed by atoms with Gasteiger partial charge in [-0.25, -0.2) is 9.78 Å². The van der Waals surface area contributed by atoms with Gasteiger partial charge in [-0.2, -0.15) is 5.26 Å². The summed E-state index contributed by atoms with van der Waals surface area (Å²) in [5.41, 5.74) is 7.83. The summed E-state index contributed by atoms with van der Waals surface area (Å²) in [5.74, 6) is -0.961. The van der Waals surface area contributed by atoms with Crippen molar-refractivity contribution in [2.24, 2.45) is 0 Å². The summed E-state index contributed by atoms with van der Waals surface area (Å²) in [6, 6.07) is 27.1. The highest BCUT2D eigenvalue weighted by molar-refractivity contribution is 5.90. The van der Waals surface area contributed by atoms with Crippen molar-refractivity contribution in [1.29, 1.82) is 5.26 Å². The lowest BCUT2D eigenvalue weighted by molar-refractivity contribution is 0.0697. The van der Waals surface area contributed by atoms with Gasteiger partial charge in [-0.3, -0.25) is 4.40 Å². The molecule has 0 unspecified atom stereocenters. The van der Waals surface area contributed by atoms with Crippen LogP contribution in [0.4, 0.5) is 0 Å². The Bertz CT molecular complexity index is 1590. The zero-order valence-corrected chi connectivity index (χ0v) is 17.9. The van der Waals surface area contributed by atoms with Crippen LogP contribution in [-0.2, 0) is 0 Å². The molecule has 0 radical (unpaired) electrons. The molecule has 2 aromatic heterocycles. The third-order valence-electron chi connectivity index (χ3n) is 5.68. The lowest BCUT2D eigenvalue weighted by atomic mass is 10.0. The van der Waals surface area contributed by atoms with Gasteiger partial charge < -0.3 is 5.11 Å². The minimum absolute atomic E-state index is 0.233. The van der Waals surface area contributed by atoms with Crippen LogP contribution in [-0.4, -0.2) is 20.5 Å². The standard InChI is InChI=1S/C28H19N3O2/c1-18-6-11-20(12-7-18)26-16-22(15-10-19-8-13-21(14-9-19)28(32)33)23(17-29)27-30-24-4-2-3-5-25(24)31(26)27/h2-16H,1H3,(H,32,33). The van der Waals surface area contributed by atoms with Crippen LogP contribution in [0.3, 0.4) is 0 Å². The molecule has 0 aliphatic carbocycles. The van der Waals surface area contributed by atoms with E-state index in [1.165, 1.54) is 5.56 Å². The smallest absolute Gasteiger partial charge is 0.335 e. The van der Waals surface area contributed by atoms with Crippen LogP contribution < -0.4 is 0 Å². The first-order chi connectivity index (χ1) is 16.0. The van der Waals surface area contributed by atoms with Gasteiger partial charge in [0, 0.05) is 0 Å². The van der Waals surface area contributed by atoms with E-state index in [1.807, 2.05) is 46.9 Å². The van der Waals surface area contributed by atoms with Crippen LogP contribution in [0.15, 0.2) is 78.9 Å². The van der Waals surface area contributed by atoms with E-state index in [9.17, 15) is 10.1 Å². The largest absolute Gasteiger partial charge is 0.478 e. The molecule has 2 heterocycles. The normalized spacial score (nSPS) is 11.3. The second kappa shape index (κ2) is 8.10. The van der Waals surface area contributed by atoms with Crippen molar-refractivity contribution < 1.29 is 9.90 Å². The summed E-state index contributed by atoms with van der Waals surface area (Å²) in [7, 11) is 0. The molecule has 5 aromatic rings. The van der Waals surface area contributed by atoms with Crippen LogP contribution >= 0.6 is 0 Å². The molecule has 0 saturated heterocycles. The maximum atomic E-state index is 11.1. The number of nitriles is 1. The van der Waals surface area contributed by atoms with Crippen LogP contribution in [0.25, 0.3) is 40.1 Å². The number of aromatic carboxylic acids is 1. The molecular weight excluding hydrogens is 410 g/mol. The zero-order chi connectivity index (χ0) is 22.9. The molecule has 1 N–H and O–H groups in total. The van der Waals surface area contributed by atoms with Gasteiger partial charge in [0.2, 0.25) is 0 Å². The quantitative estimate of drug-likeness (QED) is 0.369. The number of carboxylic acids is 1. The third-order valence-corrected chi connectivity index (χ3v) is 5.68. The number of para-hydroxylation sites is 2. The summed E-state index contributed by atoms with van der Waals surface area (Å²) in [4.78, 5) is 15.9. The molecule has 33 heavy (non-hydrogen) atoms. The number of fused-ring (bicyclic) bond motifs is 3. The van der Waals surface area contributed by atoms with E-state index >= 15 is 0 Å². The summed E-state index contributed by atoms with van der Waals surface area (Å²) in [6.07, 6.45) is 3.76. The fourth-order valence-corrected chi connectivity index (χ4v) is 3.96. The number of benzene rings is 3. The van der Waals surface area contributed by atoms with Crippen LogP contribution in [0.5, 0.6) is 0 Å². The molecule has 0 spiro atoms. The first kappa shape index (κ1) is 20.2. The summed E-state index contributed by atoms with van der Waals surface area (Å²) < 4.78 is 2.04. The number of nitrogens with zero attached hydrogens (tertiary/aromatic N) is 3. The molecule has 5 nitrogen and oxygen atoms in total. The maximum Gasteiger partial charge on any atom is 0.335 e. The third kappa shape index (κ3) is 3.64. The van der Waals surface area contributed by atoms with E-state index in [4.69, 9.17) is 10.1 Å². The van der Waals surface area contributed by atoms with Crippen molar-refractivity contribution in [3.05, 3.63) is 107 Å². The second-order valence-corrected chi connectivity index (χ2v) is 7.86. The van der Waals surface area contributed by atoms with E-state index in [1.54, 1.807) is 24.3 Å². The minimum Gasteiger partial charge on any atom is -0.478 e. The molecule has 0 bridgehead atoms. The Kier molecular flexibility index (Phi) is 4.96. The molecular formula is C28H19N3O2. The van der Waals surface area contributed by atoms with Gasteiger partial charge >= 0.3 is 5.97 Å². The molecule has 0 aliphatic rings. The minimum atomic E-state index is -0.961. The van der Waals surface area contributed by atoms with Crippen molar-refractivity contribution in [1.82, 2.24) is 9.38 Å². The Labute approximate surface area is 190 Å². The number of hydrogen-bond donors (Lipinski definition) is 1. The summed E-state index contributed by atoms with van der Waals surface area (Å²) in [5, 5.41) is 19.1. The van der Waals surface area contributed by atoms with Crippen LogP contribution in [0.1, 0.15) is 32.6 Å². The number of pyridine rings is 1. The number of imidazole rings is 1. The highest BCUT2D eigenvalue weighted by atomic mass is 16.4. The molecule has 158 valence electrons. The van der Waals surface area contributed by atoms with Crippen molar-refractivity contribution >= 4 is 34.8 Å². The molecule has 5 rings (SSSR count). The van der Waals surface area contributed by atoms with Gasteiger partial charge in [0.1, 0.15) is 11.6 Å². The van der Waals surface area contributed by atoms with Gasteiger partial charge in [-0.1, -0.05) is 66.2 Å².